The van der Waals surface area contributed by atoms with Crippen molar-refractivity contribution in [3.8, 4) is 0 Å². The molecular formula is C70H118N2O56. The maximum Gasteiger partial charge on any atom is 0.217 e. The molecular weight excluding hydrogens is 1760 g/mol. The van der Waals surface area contributed by atoms with Crippen LogP contribution in [0.1, 0.15) is 13.8 Å². The van der Waals surface area contributed by atoms with Crippen molar-refractivity contribution in [1.29, 1.82) is 0 Å². The van der Waals surface area contributed by atoms with Crippen LogP contribution in [0, 0.1) is 0 Å². The number of ether oxygens (including phenoxy) is 21. The molecule has 0 bridgehead atoms. The highest BCUT2D eigenvalue weighted by atomic mass is 16.8. The predicted molar refractivity (Wildman–Crippen MR) is 386 cm³/mol. The first-order valence-corrected chi connectivity index (χ1v) is 40.7. The van der Waals surface area contributed by atoms with Gasteiger partial charge in [-0.2, -0.15) is 0 Å². The SMILES string of the molecule is CC(=O)N[C@@H]1[C@@H](O)[C@H](O[C@@H]2O[C@H](CO)[C@@H](O[C@@H]3O[C@H](CO[C@H]4O[C@H](CO[C@H]5O[C@H](CO)[C@@H](O)[C@H](O)[C@@H]5O[C@H]5O[C@H](CO)[C@@H](O)[C@H](O)[C@@H]5O)[C@@H](O)[C@H](O[C@H]5O[C@H](CO)[C@@H](O)[C@H](O)[C@@H]5O)[C@@H]4O)[C@@H](O)[C@H](O[C@H]4O[C@H](CO)[C@@H](O)[C@H](O)[C@@H]4O[C@H]4O[C@H](CO)[C@@H](O)[C@H](O)[C@@H]4O[C@H]4O[C@H](CO)[C@@H](O)[C@H](OC5O[C@H](CO)[C@@H](O)[C@H](O)[C@H]5O)[C@@H]4O)[C@@H]3O)[C@H](O)[C@H]2NC(C)=O)[C@@H](CO)O[C@H]1O. The normalized spacial score (nSPS) is 51.7. The fraction of sp³-hybridized carbons (Fsp3) is 0.971. The quantitative estimate of drug-likeness (QED) is 0.0290. The fourth-order valence-corrected chi connectivity index (χ4v) is 16.5. The summed E-state index contributed by atoms with van der Waals surface area (Å²) in [7, 11) is 0. The van der Waals surface area contributed by atoms with E-state index in [0.29, 0.717) is 0 Å². The molecule has 11 saturated heterocycles. The van der Waals surface area contributed by atoms with E-state index in [0.717, 1.165) is 13.8 Å². The van der Waals surface area contributed by atoms with Gasteiger partial charge in [0.2, 0.25) is 11.8 Å². The summed E-state index contributed by atoms with van der Waals surface area (Å²) in [5.74, 6) is -1.82. The Bertz CT molecular complexity index is 3380. The molecule has 55 atom stereocenters. The third-order valence-electron chi connectivity index (χ3n) is 23.8. The van der Waals surface area contributed by atoms with Gasteiger partial charge in [-0.3, -0.25) is 9.59 Å². The van der Waals surface area contributed by atoms with E-state index >= 15 is 0 Å². The highest BCUT2D eigenvalue weighted by molar-refractivity contribution is 5.73. The molecule has 58 nitrogen and oxygen atoms in total. The maximum absolute atomic E-state index is 13.1. The summed E-state index contributed by atoms with van der Waals surface area (Å²) >= 11 is 0. The van der Waals surface area contributed by atoms with E-state index in [4.69, 9.17) is 99.5 Å². The van der Waals surface area contributed by atoms with Crippen molar-refractivity contribution >= 4 is 11.8 Å². The van der Waals surface area contributed by atoms with Gasteiger partial charge < -0.3 is 279 Å². The van der Waals surface area contributed by atoms with E-state index < -0.39 is 422 Å². The van der Waals surface area contributed by atoms with Gasteiger partial charge in [0.1, 0.15) is 268 Å². The molecule has 11 aliphatic heterocycles. The monoisotopic (exact) mass is 1880 g/mol. The smallest absolute Gasteiger partial charge is 0.217 e. The molecule has 11 heterocycles. The largest absolute Gasteiger partial charge is 0.394 e. The van der Waals surface area contributed by atoms with Gasteiger partial charge in [-0.05, 0) is 0 Å². The average Bonchev–Trinajstić information content (AvgIpc) is 0.760. The van der Waals surface area contributed by atoms with E-state index in [1.165, 1.54) is 0 Å². The molecule has 128 heavy (non-hydrogen) atoms. The third-order valence-corrected chi connectivity index (χ3v) is 23.8. The first kappa shape index (κ1) is 105. The average molecular weight is 1880 g/mol. The van der Waals surface area contributed by atoms with E-state index in [1.54, 1.807) is 0 Å². The van der Waals surface area contributed by atoms with Crippen molar-refractivity contribution < 1.29 is 278 Å². The number of carbonyl (C=O) groups is 2. The second-order valence-corrected chi connectivity index (χ2v) is 32.3. The van der Waals surface area contributed by atoms with Crippen molar-refractivity contribution in [3.63, 3.8) is 0 Å². The number of rotatable bonds is 33. The Hall–Kier alpha value is -3.22. The first-order valence-electron chi connectivity index (χ1n) is 40.7. The first-order chi connectivity index (χ1) is 60.7. The Kier molecular flexibility index (Phi) is 37.7. The second kappa shape index (κ2) is 45.8. The van der Waals surface area contributed by atoms with Crippen LogP contribution in [0.4, 0.5) is 0 Å². The van der Waals surface area contributed by atoms with Crippen LogP contribution in [0.3, 0.4) is 0 Å². The van der Waals surface area contributed by atoms with Crippen LogP contribution in [0.15, 0.2) is 0 Å². The molecule has 0 radical (unpaired) electrons. The Labute approximate surface area is 722 Å². The van der Waals surface area contributed by atoms with Gasteiger partial charge >= 0.3 is 0 Å². The van der Waals surface area contributed by atoms with Gasteiger partial charge in [0.05, 0.1) is 72.7 Å². The number of aliphatic hydroxyl groups is 33. The summed E-state index contributed by atoms with van der Waals surface area (Å²) in [5, 5.41) is 372. The van der Waals surface area contributed by atoms with Gasteiger partial charge in [0.15, 0.2) is 69.2 Å². The lowest BCUT2D eigenvalue weighted by atomic mass is 9.94. The molecule has 1 unspecified atom stereocenters. The van der Waals surface area contributed by atoms with E-state index in [9.17, 15) is 178 Å². The van der Waals surface area contributed by atoms with Gasteiger partial charge in [-0.15, -0.1) is 0 Å². The van der Waals surface area contributed by atoms with E-state index in [2.05, 4.69) is 10.6 Å². The summed E-state index contributed by atoms with van der Waals surface area (Å²) in [6, 6.07) is -3.70. The highest BCUT2D eigenvalue weighted by Crippen LogP contribution is 2.42. The molecule has 11 fully saturated rings. The standard InChI is InChI=1S/C70H118N2O56/c1-14(82)71-27-38(93)52(23(10-80)110-60(27)107)121-61-28(72-15(2)83)39(94)53(24(11-81)118-61)122-67-51(106)56(125-69-59(45(100)34(89)20(7-77)116-69)128-70-58(44(99)33(88)21(8-78)117-70)127-66-50(105)54(35(90)22(9-79)114-66)123-63-46(101)40(95)29(84)16(3-73)111-63)37(92)26(120-67)12-108-62-49(104)55(124-64-47(102)41(96)30(85)17(4-74)112-64)36(91)25(119-62)13-109-68-57(43(98)32(87)19(6-76)115-68)126-65-48(103)42(97)31(86)18(5-75)113-65/h16-70,73-81,84-107H,3-13H2,1-2H3,(H,71,82)(H,72,83)/t16-,17-,18-,19-,20-,21-,22-,23-,24-,25-,26-,27-,28-,29-,30-,31-,32-,33-,34-,35-,36-,37-,38-,39-,40+,41+,42+,43+,44+,45+,46-,47+,48+,49+,50+,51+,52-,53-,54+,55+,56+,57+,58+,59+,60-,61+,62+,63?,64-,65-,66-,67+,68+,69-,70-/m1/s1. The molecule has 11 rings (SSSR count). The molecule has 0 aromatic rings. The number of nitrogens with one attached hydrogen (secondary N) is 2. The van der Waals surface area contributed by atoms with E-state index in [-0.39, 0.29) is 0 Å². The lowest BCUT2D eigenvalue weighted by molar-refractivity contribution is -0.411. The Balaban J connectivity index is 0.934. The lowest BCUT2D eigenvalue weighted by Crippen LogP contribution is -2.70. The molecule has 0 aliphatic carbocycles. The van der Waals surface area contributed by atoms with Crippen LogP contribution < -0.4 is 10.6 Å². The van der Waals surface area contributed by atoms with Crippen molar-refractivity contribution in [3.05, 3.63) is 0 Å². The number of aliphatic hydroxyl groups excluding tert-OH is 33. The molecule has 0 saturated carbocycles. The Morgan fingerprint density at radius 3 is 0.797 bits per heavy atom. The number of carbonyl (C=O) groups excluding carboxylic acids is 2. The van der Waals surface area contributed by atoms with Crippen molar-refractivity contribution in [2.75, 3.05) is 72.7 Å². The summed E-state index contributed by atoms with van der Waals surface area (Å²) in [6.45, 7) is -10.7. The molecule has 0 spiro atoms. The van der Waals surface area contributed by atoms with Crippen LogP contribution in [0.25, 0.3) is 0 Å². The summed E-state index contributed by atoms with van der Waals surface area (Å²) < 4.78 is 123. The minimum atomic E-state index is -2.69. The van der Waals surface area contributed by atoms with Crippen molar-refractivity contribution in [2.45, 2.75) is 351 Å². The number of hydrogen-bond acceptors (Lipinski definition) is 56. The Morgan fingerprint density at radius 2 is 0.430 bits per heavy atom. The summed E-state index contributed by atoms with van der Waals surface area (Å²) in [6.07, 6.45) is -116. The molecule has 11 aliphatic rings. The van der Waals surface area contributed by atoms with Crippen molar-refractivity contribution in [1.82, 2.24) is 10.6 Å². The molecule has 0 aromatic carbocycles. The second-order valence-electron chi connectivity index (χ2n) is 32.3. The lowest BCUT2D eigenvalue weighted by Gasteiger charge is -2.51. The van der Waals surface area contributed by atoms with Crippen LogP contribution in [0.2, 0.25) is 0 Å². The van der Waals surface area contributed by atoms with Crippen LogP contribution >= 0.6 is 0 Å². The van der Waals surface area contributed by atoms with Gasteiger partial charge in [0.25, 0.3) is 0 Å². The number of amides is 2. The zero-order chi connectivity index (χ0) is 94.0. The number of hydrogen-bond donors (Lipinski definition) is 35. The molecule has 0 aromatic heterocycles. The van der Waals surface area contributed by atoms with Crippen LogP contribution in [0.5, 0.6) is 0 Å². The van der Waals surface area contributed by atoms with Crippen LogP contribution in [-0.2, 0) is 109 Å². The summed E-state index contributed by atoms with van der Waals surface area (Å²) in [5.41, 5.74) is 0. The van der Waals surface area contributed by atoms with E-state index in [1.807, 2.05) is 0 Å². The van der Waals surface area contributed by atoms with Crippen LogP contribution in [-0.4, -0.2) is 591 Å². The maximum atomic E-state index is 13.1. The topological polar surface area (TPSA) is 920 Å². The molecule has 744 valence electrons. The zero-order valence-corrected chi connectivity index (χ0v) is 67.7. The molecule has 35 N–H and O–H groups in total. The predicted octanol–water partition coefficient (Wildman–Crippen LogP) is -24.7. The minimum Gasteiger partial charge on any atom is -0.394 e. The zero-order valence-electron chi connectivity index (χ0n) is 67.7. The van der Waals surface area contributed by atoms with Gasteiger partial charge in [0, 0.05) is 13.8 Å². The minimum absolute atomic E-state index is 0.822. The van der Waals surface area contributed by atoms with Crippen molar-refractivity contribution in [2.24, 2.45) is 0 Å². The summed E-state index contributed by atoms with van der Waals surface area (Å²) in [4.78, 5) is 25.3. The Morgan fingerprint density at radius 1 is 0.203 bits per heavy atom. The van der Waals surface area contributed by atoms with Gasteiger partial charge in [-0.1, -0.05) is 0 Å². The fourth-order valence-electron chi connectivity index (χ4n) is 16.5. The highest BCUT2D eigenvalue weighted by Gasteiger charge is 2.62. The third kappa shape index (κ3) is 22.5. The van der Waals surface area contributed by atoms with Gasteiger partial charge in [-0.25, -0.2) is 0 Å². The molecule has 58 heteroatoms. The molecule has 2 amide bonds.